The number of aromatic nitrogens is 3. The first kappa shape index (κ1) is 15.5. The SMILES string of the molecule is COC(=O)c1cn(C2COC3=C(Cl)C(=O)C(=O)c4cccc2c43)nn1. The van der Waals surface area contributed by atoms with Crippen LogP contribution in [0.5, 0.6) is 0 Å². The van der Waals surface area contributed by atoms with E-state index in [0.717, 1.165) is 0 Å². The van der Waals surface area contributed by atoms with E-state index < -0.39 is 23.6 Å². The molecule has 0 saturated heterocycles. The smallest absolute Gasteiger partial charge is 0.360 e. The predicted octanol–water partition coefficient (Wildman–Crippen LogP) is 1.36. The predicted molar refractivity (Wildman–Crippen MR) is 84.0 cm³/mol. The molecule has 0 fully saturated rings. The van der Waals surface area contributed by atoms with E-state index in [4.69, 9.17) is 16.3 Å². The lowest BCUT2D eigenvalue weighted by atomic mass is 9.86. The van der Waals surface area contributed by atoms with Crippen molar-refractivity contribution < 1.29 is 23.9 Å². The largest absolute Gasteiger partial charge is 0.489 e. The van der Waals surface area contributed by atoms with Gasteiger partial charge in [-0.1, -0.05) is 35.0 Å². The summed E-state index contributed by atoms with van der Waals surface area (Å²) in [7, 11) is 1.25. The normalized spacial score (nSPS) is 18.7. The number of allylic oxidation sites excluding steroid dienone is 1. The van der Waals surface area contributed by atoms with Crippen molar-refractivity contribution in [2.45, 2.75) is 6.04 Å². The summed E-state index contributed by atoms with van der Waals surface area (Å²) in [5.74, 6) is -1.87. The van der Waals surface area contributed by atoms with Gasteiger partial charge >= 0.3 is 5.97 Å². The van der Waals surface area contributed by atoms with Gasteiger partial charge < -0.3 is 9.47 Å². The van der Waals surface area contributed by atoms with Crippen molar-refractivity contribution in [1.29, 1.82) is 0 Å². The number of carbonyl (C=O) groups excluding carboxylic acids is 3. The molecule has 4 rings (SSSR count). The van der Waals surface area contributed by atoms with Gasteiger partial charge in [-0.15, -0.1) is 5.10 Å². The maximum Gasteiger partial charge on any atom is 0.360 e. The second kappa shape index (κ2) is 5.52. The highest BCUT2D eigenvalue weighted by Crippen LogP contribution is 2.41. The highest BCUT2D eigenvalue weighted by atomic mass is 35.5. The molecule has 0 amide bonds. The van der Waals surface area contributed by atoms with Gasteiger partial charge in [-0.3, -0.25) is 9.59 Å². The number of carbonyl (C=O) groups is 3. The number of hydrogen-bond acceptors (Lipinski definition) is 7. The summed E-state index contributed by atoms with van der Waals surface area (Å²) in [6, 6.07) is 4.58. The molecular formula is C16H10ClN3O5. The third kappa shape index (κ3) is 2.18. The van der Waals surface area contributed by atoms with E-state index in [1.807, 2.05) is 0 Å². The molecule has 1 aromatic heterocycles. The lowest BCUT2D eigenvalue weighted by Gasteiger charge is -2.31. The molecule has 25 heavy (non-hydrogen) atoms. The minimum Gasteiger partial charge on any atom is -0.489 e. The van der Waals surface area contributed by atoms with Crippen LogP contribution in [-0.2, 0) is 14.3 Å². The average molecular weight is 360 g/mol. The molecule has 2 aliphatic rings. The van der Waals surface area contributed by atoms with E-state index in [0.29, 0.717) is 11.1 Å². The van der Waals surface area contributed by atoms with E-state index in [2.05, 4.69) is 15.0 Å². The molecular weight excluding hydrogens is 350 g/mol. The van der Waals surface area contributed by atoms with E-state index in [-0.39, 0.29) is 28.7 Å². The van der Waals surface area contributed by atoms with Crippen molar-refractivity contribution >= 4 is 34.9 Å². The Hall–Kier alpha value is -3.00. The molecule has 2 aromatic rings. The number of hydrogen-bond donors (Lipinski definition) is 0. The number of methoxy groups -OCH3 is 1. The topological polar surface area (TPSA) is 100 Å². The second-order valence-corrected chi connectivity index (χ2v) is 5.85. The monoisotopic (exact) mass is 359 g/mol. The van der Waals surface area contributed by atoms with Crippen LogP contribution in [0.4, 0.5) is 0 Å². The zero-order chi connectivity index (χ0) is 17.7. The number of halogens is 1. The molecule has 0 N–H and O–H groups in total. The summed E-state index contributed by atoms with van der Waals surface area (Å²) in [6.07, 6.45) is 1.44. The van der Waals surface area contributed by atoms with Crippen molar-refractivity contribution in [1.82, 2.24) is 15.0 Å². The molecule has 9 heteroatoms. The van der Waals surface area contributed by atoms with Crippen LogP contribution in [0.3, 0.4) is 0 Å². The maximum atomic E-state index is 12.2. The van der Waals surface area contributed by atoms with Crippen LogP contribution in [0.15, 0.2) is 29.4 Å². The minimum atomic E-state index is -0.784. The van der Waals surface area contributed by atoms with Crippen molar-refractivity contribution in [2.24, 2.45) is 0 Å². The summed E-state index contributed by atoms with van der Waals surface area (Å²) in [6.45, 7) is 0.119. The van der Waals surface area contributed by atoms with Gasteiger partial charge in [-0.05, 0) is 5.56 Å². The Balaban J connectivity index is 1.86. The van der Waals surface area contributed by atoms with Crippen molar-refractivity contribution in [3.8, 4) is 0 Å². The fourth-order valence-corrected chi connectivity index (χ4v) is 3.19. The van der Waals surface area contributed by atoms with Gasteiger partial charge in [0.05, 0.1) is 13.3 Å². The van der Waals surface area contributed by atoms with E-state index in [1.54, 1.807) is 18.2 Å². The first-order chi connectivity index (χ1) is 12.0. The first-order valence-electron chi connectivity index (χ1n) is 7.28. The van der Waals surface area contributed by atoms with Crippen LogP contribution in [0.25, 0.3) is 5.76 Å². The Morgan fingerprint density at radius 2 is 2.16 bits per heavy atom. The molecule has 1 atom stereocenters. The number of esters is 1. The molecule has 1 aromatic carbocycles. The standard InChI is InChI=1S/C16H10ClN3O5/c1-24-16(23)9-5-20(19-18-9)10-6-25-15-11-7(10)3-2-4-8(11)13(21)14(22)12(15)17/h2-5,10H,6H2,1H3. The van der Waals surface area contributed by atoms with Crippen molar-refractivity contribution in [2.75, 3.05) is 13.7 Å². The van der Waals surface area contributed by atoms with Crippen LogP contribution in [-0.4, -0.2) is 46.2 Å². The fraction of sp³-hybridized carbons (Fsp3) is 0.188. The van der Waals surface area contributed by atoms with Gasteiger partial charge in [0.15, 0.2) is 5.69 Å². The lowest BCUT2D eigenvalue weighted by molar-refractivity contribution is -0.111. The Kier molecular flexibility index (Phi) is 3.43. The van der Waals surface area contributed by atoms with Crippen LogP contribution in [0, 0.1) is 0 Å². The molecule has 0 spiro atoms. The van der Waals surface area contributed by atoms with Crippen LogP contribution < -0.4 is 0 Å². The Bertz CT molecular complexity index is 978. The van der Waals surface area contributed by atoms with Crippen LogP contribution in [0.1, 0.15) is 38.0 Å². The first-order valence-corrected chi connectivity index (χ1v) is 7.65. The van der Waals surface area contributed by atoms with E-state index in [1.165, 1.54) is 18.0 Å². The number of Topliss-reactive ketones (excluding diaryl/α,β-unsaturated/α-hetero) is 2. The van der Waals surface area contributed by atoms with Crippen LogP contribution >= 0.6 is 11.6 Å². The molecule has 0 bridgehead atoms. The molecule has 8 nitrogen and oxygen atoms in total. The number of nitrogens with zero attached hydrogens (tertiary/aromatic N) is 3. The Morgan fingerprint density at radius 3 is 2.92 bits per heavy atom. The van der Waals surface area contributed by atoms with E-state index in [9.17, 15) is 14.4 Å². The maximum absolute atomic E-state index is 12.2. The lowest BCUT2D eigenvalue weighted by Crippen LogP contribution is -2.30. The van der Waals surface area contributed by atoms with Gasteiger partial charge in [0, 0.05) is 11.1 Å². The molecule has 1 unspecified atom stereocenters. The highest BCUT2D eigenvalue weighted by Gasteiger charge is 2.39. The molecule has 1 aliphatic heterocycles. The van der Waals surface area contributed by atoms with Gasteiger partial charge in [0.1, 0.15) is 23.4 Å². The second-order valence-electron chi connectivity index (χ2n) is 5.47. The molecule has 126 valence electrons. The van der Waals surface area contributed by atoms with Crippen molar-refractivity contribution in [3.63, 3.8) is 0 Å². The summed E-state index contributed by atoms with van der Waals surface area (Å²) < 4.78 is 11.7. The van der Waals surface area contributed by atoms with Gasteiger partial charge in [-0.2, -0.15) is 0 Å². The fourth-order valence-electron chi connectivity index (χ4n) is 2.96. The summed E-state index contributed by atoms with van der Waals surface area (Å²) in [5, 5.41) is 7.50. The zero-order valence-electron chi connectivity index (χ0n) is 12.9. The Morgan fingerprint density at radius 1 is 1.36 bits per heavy atom. The minimum absolute atomic E-state index is 0.0536. The van der Waals surface area contributed by atoms with Crippen molar-refractivity contribution in [3.05, 3.63) is 51.8 Å². The zero-order valence-corrected chi connectivity index (χ0v) is 13.6. The van der Waals surface area contributed by atoms with Gasteiger partial charge in [0.25, 0.3) is 0 Å². The molecule has 1 aliphatic carbocycles. The number of ether oxygens (including phenoxy) is 2. The quantitative estimate of drug-likeness (QED) is 0.589. The number of benzene rings is 1. The number of ketones is 2. The number of rotatable bonds is 2. The van der Waals surface area contributed by atoms with E-state index >= 15 is 0 Å². The van der Waals surface area contributed by atoms with Crippen LogP contribution in [0.2, 0.25) is 0 Å². The third-order valence-electron chi connectivity index (χ3n) is 4.14. The summed E-state index contributed by atoms with van der Waals surface area (Å²) in [4.78, 5) is 35.7. The van der Waals surface area contributed by atoms with Gasteiger partial charge in [-0.25, -0.2) is 9.48 Å². The molecule has 0 saturated carbocycles. The summed E-state index contributed by atoms with van der Waals surface area (Å²) >= 11 is 6.01. The Labute approximate surface area is 146 Å². The molecule has 0 radical (unpaired) electrons. The average Bonchev–Trinajstić information content (AvgIpc) is 3.13. The van der Waals surface area contributed by atoms with Gasteiger partial charge in [0.2, 0.25) is 11.6 Å². The molecule has 2 heterocycles. The summed E-state index contributed by atoms with van der Waals surface area (Å²) in [5.41, 5.74) is 1.47. The highest BCUT2D eigenvalue weighted by molar-refractivity contribution is 6.64. The third-order valence-corrected chi connectivity index (χ3v) is 4.49.